The maximum absolute atomic E-state index is 2.50. The van der Waals surface area contributed by atoms with Gasteiger partial charge in [0.2, 0.25) is 0 Å². The molecule has 2 heteroatoms. The van der Waals surface area contributed by atoms with E-state index in [1.165, 1.54) is 92.3 Å². The number of rotatable bonds is 6. The lowest BCUT2D eigenvalue weighted by Gasteiger charge is -2.30. The number of anilines is 3. The molecule has 10 aromatic rings. The lowest BCUT2D eigenvalue weighted by atomic mass is 9.81. The maximum Gasteiger partial charge on any atom is 0.0625 e. The van der Waals surface area contributed by atoms with Gasteiger partial charge in [-0.3, -0.25) is 0 Å². The van der Waals surface area contributed by atoms with Crippen molar-refractivity contribution < 1.29 is 0 Å². The molecule has 11 rings (SSSR count). The Morgan fingerprint density at radius 1 is 0.404 bits per heavy atom. The van der Waals surface area contributed by atoms with Crippen molar-refractivity contribution in [2.45, 2.75) is 19.3 Å². The van der Waals surface area contributed by atoms with E-state index in [2.05, 4.69) is 219 Å². The minimum Gasteiger partial charge on any atom is -0.309 e. The fourth-order valence-corrected chi connectivity index (χ4v) is 10.5. The number of nitrogens with zero attached hydrogens (tertiary/aromatic N) is 1. The zero-order valence-electron chi connectivity index (χ0n) is 31.9. The normalized spacial score (nSPS) is 12.9. The minimum atomic E-state index is -0.0516. The van der Waals surface area contributed by atoms with Crippen LogP contribution in [0.15, 0.2) is 200 Å². The summed E-state index contributed by atoms with van der Waals surface area (Å²) in [5.41, 5.74) is 16.2. The highest BCUT2D eigenvalue weighted by atomic mass is 32.1. The zero-order chi connectivity index (χ0) is 38.1. The minimum absolute atomic E-state index is 0.0516. The Kier molecular flexibility index (Phi) is 7.77. The lowest BCUT2D eigenvalue weighted by molar-refractivity contribution is 0.660. The molecule has 1 aromatic heterocycles. The molecular formula is C55H39NS. The van der Waals surface area contributed by atoms with Crippen LogP contribution in [0.3, 0.4) is 0 Å². The Morgan fingerprint density at radius 2 is 0.912 bits per heavy atom. The third kappa shape index (κ3) is 5.36. The van der Waals surface area contributed by atoms with Gasteiger partial charge in [0.1, 0.15) is 0 Å². The van der Waals surface area contributed by atoms with E-state index in [1.54, 1.807) is 0 Å². The van der Waals surface area contributed by atoms with Crippen LogP contribution in [0, 0.1) is 0 Å². The molecule has 0 spiro atoms. The monoisotopic (exact) mass is 745 g/mol. The Bertz CT molecular complexity index is 3120. The molecule has 9 aromatic carbocycles. The van der Waals surface area contributed by atoms with Gasteiger partial charge in [-0.2, -0.15) is 0 Å². The number of benzene rings is 9. The van der Waals surface area contributed by atoms with Crippen molar-refractivity contribution in [3.8, 4) is 44.5 Å². The molecule has 0 amide bonds. The highest BCUT2D eigenvalue weighted by Crippen LogP contribution is 2.54. The quantitative estimate of drug-likeness (QED) is 0.164. The van der Waals surface area contributed by atoms with Gasteiger partial charge in [-0.05, 0) is 86.5 Å². The van der Waals surface area contributed by atoms with E-state index >= 15 is 0 Å². The van der Waals surface area contributed by atoms with Crippen molar-refractivity contribution in [2.75, 3.05) is 4.90 Å². The van der Waals surface area contributed by atoms with E-state index in [-0.39, 0.29) is 5.41 Å². The van der Waals surface area contributed by atoms with Gasteiger partial charge in [0.15, 0.2) is 0 Å². The summed E-state index contributed by atoms with van der Waals surface area (Å²) in [7, 11) is 0. The van der Waals surface area contributed by atoms with Gasteiger partial charge in [0.05, 0.1) is 5.69 Å². The van der Waals surface area contributed by atoms with Crippen molar-refractivity contribution in [3.05, 3.63) is 211 Å². The molecule has 57 heavy (non-hydrogen) atoms. The zero-order valence-corrected chi connectivity index (χ0v) is 32.7. The molecule has 1 heterocycles. The van der Waals surface area contributed by atoms with E-state index in [4.69, 9.17) is 0 Å². The first-order valence-corrected chi connectivity index (χ1v) is 20.6. The van der Waals surface area contributed by atoms with Crippen molar-refractivity contribution in [3.63, 3.8) is 0 Å². The molecule has 0 saturated heterocycles. The molecule has 0 N–H and O–H groups in total. The summed E-state index contributed by atoms with van der Waals surface area (Å²) in [6, 6.07) is 73.8. The summed E-state index contributed by atoms with van der Waals surface area (Å²) in [4.78, 5) is 2.50. The third-order valence-electron chi connectivity index (χ3n) is 12.1. The summed E-state index contributed by atoms with van der Waals surface area (Å²) < 4.78 is 2.63. The fourth-order valence-electron chi connectivity index (χ4n) is 9.27. The first kappa shape index (κ1) is 33.6. The Labute approximate surface area is 337 Å². The number of thiophene rings is 1. The summed E-state index contributed by atoms with van der Waals surface area (Å²) in [5, 5.41) is 5.10. The summed E-state index contributed by atoms with van der Waals surface area (Å²) in [5.74, 6) is 0. The molecular weight excluding hydrogens is 707 g/mol. The molecule has 1 aliphatic carbocycles. The van der Waals surface area contributed by atoms with E-state index in [1.807, 2.05) is 11.3 Å². The lowest BCUT2D eigenvalue weighted by Crippen LogP contribution is -2.14. The number of hydrogen-bond donors (Lipinski definition) is 0. The van der Waals surface area contributed by atoms with Gasteiger partial charge in [0, 0.05) is 53.3 Å². The van der Waals surface area contributed by atoms with Gasteiger partial charge in [-0.15, -0.1) is 11.3 Å². The Balaban J connectivity index is 1.14. The Hall–Kier alpha value is -6.74. The van der Waals surface area contributed by atoms with Gasteiger partial charge in [-0.25, -0.2) is 0 Å². The predicted molar refractivity (Wildman–Crippen MR) is 245 cm³/mol. The largest absolute Gasteiger partial charge is 0.309 e. The van der Waals surface area contributed by atoms with Gasteiger partial charge in [-0.1, -0.05) is 178 Å². The first-order valence-electron chi connectivity index (χ1n) is 19.8. The van der Waals surface area contributed by atoms with Gasteiger partial charge in [0.25, 0.3) is 0 Å². The molecule has 0 radical (unpaired) electrons. The van der Waals surface area contributed by atoms with E-state index in [9.17, 15) is 0 Å². The van der Waals surface area contributed by atoms with E-state index in [0.717, 1.165) is 11.4 Å². The molecule has 1 nitrogen and oxygen atoms in total. The fraction of sp³-hybridized carbons (Fsp3) is 0.0545. The average Bonchev–Trinajstić information content (AvgIpc) is 3.77. The van der Waals surface area contributed by atoms with Crippen LogP contribution in [0.5, 0.6) is 0 Å². The van der Waals surface area contributed by atoms with Crippen molar-refractivity contribution in [1.29, 1.82) is 0 Å². The van der Waals surface area contributed by atoms with Crippen LogP contribution in [-0.4, -0.2) is 0 Å². The van der Waals surface area contributed by atoms with E-state index in [0.29, 0.717) is 0 Å². The van der Waals surface area contributed by atoms with Crippen molar-refractivity contribution in [2.24, 2.45) is 0 Å². The molecule has 0 aliphatic heterocycles. The summed E-state index contributed by atoms with van der Waals surface area (Å²) >= 11 is 1.90. The number of fused-ring (bicyclic) bond motifs is 8. The van der Waals surface area contributed by atoms with E-state index < -0.39 is 0 Å². The third-order valence-corrected chi connectivity index (χ3v) is 13.3. The molecule has 270 valence electrons. The smallest absolute Gasteiger partial charge is 0.0625 e. The van der Waals surface area contributed by atoms with Crippen LogP contribution in [0.4, 0.5) is 17.1 Å². The standard InChI is InChI=1S/C55H39NS/c1-55(2)48-23-13-11-19-43(48)44-34-29-40(35-49(44)55)38-27-32-42(33-28-38)56(41-30-25-37(26-31-41)36-15-5-3-6-16-36)53-45-20-9-10-21-46(45)54-52(47-22-12-14-24-50(47)57-54)51(53)39-17-7-4-8-18-39/h3-35H,1-2H3. The van der Waals surface area contributed by atoms with Gasteiger partial charge >= 0.3 is 0 Å². The average molecular weight is 746 g/mol. The SMILES string of the molecule is CC1(C)c2ccccc2-c2ccc(-c3ccc(N(c4ccc(-c5ccccc5)cc4)c4c(-c5ccccc5)c5c6ccccc6sc5c5ccccc45)cc3)cc21. The molecule has 1 aliphatic rings. The highest BCUT2D eigenvalue weighted by Gasteiger charge is 2.35. The maximum atomic E-state index is 2.50. The van der Waals surface area contributed by atoms with Gasteiger partial charge < -0.3 is 4.90 Å². The van der Waals surface area contributed by atoms with Crippen LogP contribution < -0.4 is 4.90 Å². The topological polar surface area (TPSA) is 3.24 Å². The Morgan fingerprint density at radius 3 is 1.61 bits per heavy atom. The molecule has 0 bridgehead atoms. The van der Waals surface area contributed by atoms with Crippen molar-refractivity contribution >= 4 is 59.3 Å². The van der Waals surface area contributed by atoms with Crippen LogP contribution in [0.1, 0.15) is 25.0 Å². The molecule has 0 unspecified atom stereocenters. The van der Waals surface area contributed by atoms with Crippen LogP contribution in [-0.2, 0) is 5.41 Å². The highest BCUT2D eigenvalue weighted by molar-refractivity contribution is 7.26. The second-order valence-corrected chi connectivity index (χ2v) is 16.7. The number of hydrogen-bond acceptors (Lipinski definition) is 2. The van der Waals surface area contributed by atoms with Crippen molar-refractivity contribution in [1.82, 2.24) is 0 Å². The second kappa shape index (κ2) is 13.2. The van der Waals surface area contributed by atoms with Crippen LogP contribution in [0.25, 0.3) is 75.5 Å². The van der Waals surface area contributed by atoms with Crippen LogP contribution >= 0.6 is 11.3 Å². The summed E-state index contributed by atoms with van der Waals surface area (Å²) in [6.45, 7) is 4.71. The molecule has 0 fully saturated rings. The first-order chi connectivity index (χ1) is 28.0. The van der Waals surface area contributed by atoms with Crippen LogP contribution in [0.2, 0.25) is 0 Å². The molecule has 0 atom stereocenters. The predicted octanol–water partition coefficient (Wildman–Crippen LogP) is 16.0. The molecule has 0 saturated carbocycles. The summed E-state index contributed by atoms with van der Waals surface area (Å²) in [6.07, 6.45) is 0. The second-order valence-electron chi connectivity index (χ2n) is 15.7.